The summed E-state index contributed by atoms with van der Waals surface area (Å²) in [5.41, 5.74) is 4.73. The quantitative estimate of drug-likeness (QED) is 0.555. The van der Waals surface area contributed by atoms with Crippen LogP contribution >= 0.6 is 0 Å². The van der Waals surface area contributed by atoms with Gasteiger partial charge in [0.25, 0.3) is 0 Å². The summed E-state index contributed by atoms with van der Waals surface area (Å²) < 4.78 is 6.23. The first kappa shape index (κ1) is 13.3. The average Bonchev–Trinajstić information content (AvgIpc) is 2.96. The SMILES string of the molecule is COc1cccc(-c2cccc3c2nnc2c([AsH2])n[nH]c23)c1. The maximum atomic E-state index is 5.31. The van der Waals surface area contributed by atoms with E-state index in [1.807, 2.05) is 42.5 Å². The summed E-state index contributed by atoms with van der Waals surface area (Å²) in [7, 11) is 1.67. The zero-order valence-electron chi connectivity index (χ0n) is 11.9. The van der Waals surface area contributed by atoms with Gasteiger partial charge in [0, 0.05) is 0 Å². The molecule has 1 atom stereocenters. The van der Waals surface area contributed by atoms with E-state index in [1.54, 1.807) is 7.11 Å². The van der Waals surface area contributed by atoms with E-state index in [2.05, 4.69) is 20.4 Å². The molecule has 0 bridgehead atoms. The molecule has 0 aliphatic carbocycles. The van der Waals surface area contributed by atoms with Crippen LogP contribution in [-0.4, -0.2) is 44.4 Å². The monoisotopic (exact) mass is 352 g/mol. The van der Waals surface area contributed by atoms with Crippen molar-refractivity contribution >= 4 is 43.3 Å². The fraction of sp³-hybridized carbons (Fsp3) is 0.0625. The number of nitrogens with one attached hydrogen (secondary N) is 1. The molecule has 6 heteroatoms. The summed E-state index contributed by atoms with van der Waals surface area (Å²) in [5.74, 6) is 0.823. The molecule has 0 fully saturated rings. The van der Waals surface area contributed by atoms with Crippen molar-refractivity contribution in [3.05, 3.63) is 42.5 Å². The average molecular weight is 352 g/mol. The van der Waals surface area contributed by atoms with Crippen LogP contribution in [0.3, 0.4) is 0 Å². The van der Waals surface area contributed by atoms with E-state index in [9.17, 15) is 0 Å². The van der Waals surface area contributed by atoms with Crippen molar-refractivity contribution in [2.45, 2.75) is 0 Å². The molecule has 108 valence electrons. The Morgan fingerprint density at radius 1 is 1.05 bits per heavy atom. The molecule has 0 radical (unpaired) electrons. The van der Waals surface area contributed by atoms with Gasteiger partial charge in [0.2, 0.25) is 0 Å². The number of benzene rings is 2. The van der Waals surface area contributed by atoms with E-state index in [-0.39, 0.29) is 0 Å². The molecule has 1 unspecified atom stereocenters. The maximum absolute atomic E-state index is 5.31. The van der Waals surface area contributed by atoms with Gasteiger partial charge in [0.1, 0.15) is 0 Å². The summed E-state index contributed by atoms with van der Waals surface area (Å²) in [5, 5.41) is 17.1. The van der Waals surface area contributed by atoms with Crippen LogP contribution in [0, 0.1) is 0 Å². The number of methoxy groups -OCH3 is 1. The molecular formula is C16H13AsN4O. The second-order valence-electron chi connectivity index (χ2n) is 4.97. The number of H-pyrrole nitrogens is 1. The van der Waals surface area contributed by atoms with Crippen molar-refractivity contribution in [3.63, 3.8) is 0 Å². The molecule has 22 heavy (non-hydrogen) atoms. The molecule has 4 rings (SSSR count). The van der Waals surface area contributed by atoms with Crippen LogP contribution in [-0.2, 0) is 0 Å². The molecule has 0 aliphatic rings. The van der Waals surface area contributed by atoms with E-state index in [1.165, 1.54) is 16.9 Å². The Balaban J connectivity index is 2.04. The summed E-state index contributed by atoms with van der Waals surface area (Å²) in [6.45, 7) is 0. The van der Waals surface area contributed by atoms with Crippen molar-refractivity contribution < 1.29 is 4.74 Å². The van der Waals surface area contributed by atoms with Gasteiger partial charge < -0.3 is 0 Å². The Labute approximate surface area is 135 Å². The number of hydrogen-bond acceptors (Lipinski definition) is 4. The van der Waals surface area contributed by atoms with E-state index >= 15 is 0 Å². The van der Waals surface area contributed by atoms with E-state index < -0.39 is 0 Å². The standard InChI is InChI=1S/C16H13AsN4O/c1-22-10-5-2-4-9(8-10)11-6-3-7-12-13(11)18-20-15-14(12)19-21-16(15)17/h2-8H,17H2,1H3,(H,19,21). The fourth-order valence-electron chi connectivity index (χ4n) is 2.62. The van der Waals surface area contributed by atoms with Gasteiger partial charge in [-0.1, -0.05) is 0 Å². The molecule has 0 spiro atoms. The first-order chi connectivity index (χ1) is 10.8. The van der Waals surface area contributed by atoms with Crippen LogP contribution in [0.2, 0.25) is 0 Å². The van der Waals surface area contributed by atoms with Crippen molar-refractivity contribution in [1.82, 2.24) is 20.4 Å². The Kier molecular flexibility index (Phi) is 3.08. The number of rotatable bonds is 2. The number of ether oxygens (including phenoxy) is 1. The molecule has 0 saturated carbocycles. The van der Waals surface area contributed by atoms with Crippen LogP contribution in [0.4, 0.5) is 0 Å². The molecular weight excluding hydrogens is 339 g/mol. The van der Waals surface area contributed by atoms with Gasteiger partial charge >= 0.3 is 135 Å². The molecule has 2 heterocycles. The van der Waals surface area contributed by atoms with Crippen LogP contribution < -0.4 is 9.22 Å². The first-order valence-corrected chi connectivity index (χ1v) is 8.02. The molecule has 1 N–H and O–H groups in total. The summed E-state index contributed by atoms with van der Waals surface area (Å²) in [6.07, 6.45) is 0. The number of hydrogen-bond donors (Lipinski definition) is 1. The predicted molar refractivity (Wildman–Crippen MR) is 89.4 cm³/mol. The zero-order chi connectivity index (χ0) is 15.1. The van der Waals surface area contributed by atoms with Crippen LogP contribution in [0.1, 0.15) is 0 Å². The normalized spacial score (nSPS) is 11.2. The van der Waals surface area contributed by atoms with Gasteiger partial charge in [-0.15, -0.1) is 0 Å². The minimum absolute atomic E-state index is 0.823. The number of aromatic nitrogens is 4. The third-order valence-electron chi connectivity index (χ3n) is 3.70. The van der Waals surface area contributed by atoms with Gasteiger partial charge in [-0.3, -0.25) is 0 Å². The Bertz CT molecular complexity index is 996. The van der Waals surface area contributed by atoms with Gasteiger partial charge in [0.15, 0.2) is 0 Å². The van der Waals surface area contributed by atoms with Crippen LogP contribution in [0.15, 0.2) is 42.5 Å². The topological polar surface area (TPSA) is 63.7 Å². The Morgan fingerprint density at radius 3 is 2.73 bits per heavy atom. The van der Waals surface area contributed by atoms with E-state index in [0.717, 1.165) is 43.3 Å². The molecule has 5 nitrogen and oxygen atoms in total. The second kappa shape index (κ2) is 5.11. The summed E-state index contributed by atoms with van der Waals surface area (Å²) in [6, 6.07) is 14.1. The Hall–Kier alpha value is -2.39. The molecule has 0 saturated heterocycles. The van der Waals surface area contributed by atoms with E-state index in [0.29, 0.717) is 0 Å². The molecule has 0 amide bonds. The third-order valence-corrected chi connectivity index (χ3v) is 4.55. The molecule has 4 aromatic rings. The van der Waals surface area contributed by atoms with Crippen molar-refractivity contribution in [2.24, 2.45) is 0 Å². The second-order valence-corrected chi connectivity index (χ2v) is 6.11. The minimum atomic E-state index is 0.823. The van der Waals surface area contributed by atoms with Crippen molar-refractivity contribution in [3.8, 4) is 16.9 Å². The van der Waals surface area contributed by atoms with E-state index in [4.69, 9.17) is 4.74 Å². The number of fused-ring (bicyclic) bond motifs is 3. The number of aromatic amines is 1. The van der Waals surface area contributed by atoms with Gasteiger partial charge in [-0.2, -0.15) is 0 Å². The van der Waals surface area contributed by atoms with Gasteiger partial charge in [-0.25, -0.2) is 0 Å². The fourth-order valence-corrected chi connectivity index (χ4v) is 3.18. The van der Waals surface area contributed by atoms with Gasteiger partial charge in [-0.05, 0) is 0 Å². The van der Waals surface area contributed by atoms with Crippen LogP contribution in [0.5, 0.6) is 5.75 Å². The summed E-state index contributed by atoms with van der Waals surface area (Å²) >= 11 is 1.44. The van der Waals surface area contributed by atoms with Crippen molar-refractivity contribution in [2.75, 3.05) is 7.11 Å². The third kappa shape index (κ3) is 1.97. The molecule has 2 aromatic heterocycles. The molecule has 0 aliphatic heterocycles. The zero-order valence-corrected chi connectivity index (χ0v) is 14.3. The molecule has 2 aromatic carbocycles. The summed E-state index contributed by atoms with van der Waals surface area (Å²) in [4.78, 5) is 0. The number of nitrogens with zero attached hydrogens (tertiary/aromatic N) is 3. The first-order valence-electron chi connectivity index (χ1n) is 6.81. The predicted octanol–water partition coefficient (Wildman–Crippen LogP) is 1.44. The van der Waals surface area contributed by atoms with Crippen LogP contribution in [0.25, 0.3) is 33.1 Å². The Morgan fingerprint density at radius 2 is 1.86 bits per heavy atom. The van der Waals surface area contributed by atoms with Crippen molar-refractivity contribution in [1.29, 1.82) is 0 Å². The van der Waals surface area contributed by atoms with Gasteiger partial charge in [0.05, 0.1) is 0 Å².